The van der Waals surface area contributed by atoms with Gasteiger partial charge in [0.25, 0.3) is 0 Å². The van der Waals surface area contributed by atoms with Crippen molar-refractivity contribution in [3.8, 4) is 11.1 Å². The highest BCUT2D eigenvalue weighted by Gasteiger charge is 2.29. The lowest BCUT2D eigenvalue weighted by molar-refractivity contribution is 0.0946. The average molecular weight is 250 g/mol. The Hall–Kier alpha value is -1.89. The topological polar surface area (TPSA) is 17.1 Å². The van der Waals surface area contributed by atoms with E-state index in [4.69, 9.17) is 0 Å². The number of carbonyl (C=O) groups is 1. The molecule has 1 unspecified atom stereocenters. The van der Waals surface area contributed by atoms with Crippen LogP contribution in [-0.4, -0.2) is 5.78 Å². The van der Waals surface area contributed by atoms with E-state index in [2.05, 4.69) is 38.1 Å². The maximum Gasteiger partial charge on any atom is 0.166 e. The molecule has 0 fully saturated rings. The number of Topliss-reactive ketones (excluding diaryl/α,β-unsaturated/α-hetero) is 1. The van der Waals surface area contributed by atoms with Crippen LogP contribution in [0, 0.1) is 19.8 Å². The highest BCUT2D eigenvalue weighted by atomic mass is 16.1. The first-order valence-corrected chi connectivity index (χ1v) is 6.82. The molecule has 96 valence electrons. The Morgan fingerprint density at radius 1 is 0.947 bits per heavy atom. The monoisotopic (exact) mass is 250 g/mol. The van der Waals surface area contributed by atoms with Gasteiger partial charge in [0.1, 0.15) is 0 Å². The molecule has 1 heteroatoms. The fraction of sp³-hybridized carbons (Fsp3) is 0.278. The third kappa shape index (κ3) is 1.81. The van der Waals surface area contributed by atoms with Crippen LogP contribution in [0.15, 0.2) is 36.4 Å². The van der Waals surface area contributed by atoms with Crippen LogP contribution in [0.4, 0.5) is 0 Å². The molecule has 3 rings (SSSR count). The van der Waals surface area contributed by atoms with Gasteiger partial charge in [-0.15, -0.1) is 0 Å². The summed E-state index contributed by atoms with van der Waals surface area (Å²) >= 11 is 0. The summed E-state index contributed by atoms with van der Waals surface area (Å²) in [6.45, 7) is 6.31. The Labute approximate surface area is 114 Å². The summed E-state index contributed by atoms with van der Waals surface area (Å²) in [5.41, 5.74) is 7.25. The Kier molecular flexibility index (Phi) is 2.78. The molecule has 1 nitrogen and oxygen atoms in total. The minimum atomic E-state index is 0.126. The van der Waals surface area contributed by atoms with Gasteiger partial charge < -0.3 is 0 Å². The minimum absolute atomic E-state index is 0.126. The summed E-state index contributed by atoms with van der Waals surface area (Å²) in [4.78, 5) is 12.1. The molecular weight excluding hydrogens is 232 g/mol. The van der Waals surface area contributed by atoms with Crippen molar-refractivity contribution in [2.24, 2.45) is 5.92 Å². The third-order valence-corrected chi connectivity index (χ3v) is 4.29. The van der Waals surface area contributed by atoms with E-state index in [1.807, 2.05) is 19.1 Å². The largest absolute Gasteiger partial charge is 0.294 e. The van der Waals surface area contributed by atoms with E-state index < -0.39 is 0 Å². The van der Waals surface area contributed by atoms with Crippen molar-refractivity contribution in [2.45, 2.75) is 27.2 Å². The van der Waals surface area contributed by atoms with Crippen molar-refractivity contribution >= 4 is 5.78 Å². The zero-order chi connectivity index (χ0) is 13.6. The molecule has 0 heterocycles. The summed E-state index contributed by atoms with van der Waals surface area (Å²) < 4.78 is 0. The van der Waals surface area contributed by atoms with Crippen molar-refractivity contribution < 1.29 is 4.79 Å². The molecule has 19 heavy (non-hydrogen) atoms. The average Bonchev–Trinajstić information content (AvgIpc) is 2.69. The Morgan fingerprint density at radius 2 is 1.58 bits per heavy atom. The predicted octanol–water partition coefficient (Wildman–Crippen LogP) is 4.35. The van der Waals surface area contributed by atoms with Crippen molar-refractivity contribution in [1.29, 1.82) is 0 Å². The summed E-state index contributed by atoms with van der Waals surface area (Å²) in [5, 5.41) is 0. The predicted molar refractivity (Wildman–Crippen MR) is 78.6 cm³/mol. The zero-order valence-electron chi connectivity index (χ0n) is 11.7. The Bertz CT molecular complexity index is 667. The van der Waals surface area contributed by atoms with E-state index in [-0.39, 0.29) is 5.92 Å². The first-order chi connectivity index (χ1) is 9.09. The molecule has 0 saturated carbocycles. The van der Waals surface area contributed by atoms with Gasteiger partial charge in [0.05, 0.1) is 0 Å². The molecule has 0 aliphatic heterocycles. The maximum atomic E-state index is 12.1. The minimum Gasteiger partial charge on any atom is -0.294 e. The Morgan fingerprint density at radius 3 is 2.37 bits per heavy atom. The molecular formula is C18H18O. The quantitative estimate of drug-likeness (QED) is 0.735. The number of fused-ring (bicyclic) bond motifs is 1. The van der Waals surface area contributed by atoms with Gasteiger partial charge in [0.15, 0.2) is 5.78 Å². The van der Waals surface area contributed by atoms with Crippen LogP contribution in [0.2, 0.25) is 0 Å². The van der Waals surface area contributed by atoms with Crippen LogP contribution in [-0.2, 0) is 6.42 Å². The van der Waals surface area contributed by atoms with Crippen LogP contribution in [0.5, 0.6) is 0 Å². The fourth-order valence-corrected chi connectivity index (χ4v) is 3.00. The molecule has 0 aromatic heterocycles. The Balaban J connectivity index is 2.24. The van der Waals surface area contributed by atoms with Gasteiger partial charge in [0.2, 0.25) is 0 Å². The summed E-state index contributed by atoms with van der Waals surface area (Å²) in [7, 11) is 0. The second-order valence-electron chi connectivity index (χ2n) is 5.55. The van der Waals surface area contributed by atoms with E-state index in [9.17, 15) is 4.79 Å². The third-order valence-electron chi connectivity index (χ3n) is 4.29. The molecule has 0 spiro atoms. The van der Waals surface area contributed by atoms with E-state index in [1.165, 1.54) is 27.8 Å². The van der Waals surface area contributed by atoms with Gasteiger partial charge in [-0.25, -0.2) is 0 Å². The second kappa shape index (κ2) is 4.34. The number of hydrogen-bond donors (Lipinski definition) is 0. The van der Waals surface area contributed by atoms with Crippen LogP contribution in [0.25, 0.3) is 11.1 Å². The first kappa shape index (κ1) is 12.2. The molecule has 2 aromatic carbocycles. The van der Waals surface area contributed by atoms with E-state index >= 15 is 0 Å². The molecule has 0 radical (unpaired) electrons. The van der Waals surface area contributed by atoms with Crippen molar-refractivity contribution in [1.82, 2.24) is 0 Å². The molecule has 0 N–H and O–H groups in total. The lowest BCUT2D eigenvalue weighted by Gasteiger charge is -2.12. The molecule has 1 atom stereocenters. The lowest BCUT2D eigenvalue weighted by Crippen LogP contribution is -2.02. The summed E-state index contributed by atoms with van der Waals surface area (Å²) in [5.74, 6) is 0.420. The van der Waals surface area contributed by atoms with Crippen molar-refractivity contribution in [3.63, 3.8) is 0 Å². The number of aryl methyl sites for hydroxylation is 1. The highest BCUT2D eigenvalue weighted by molar-refractivity contribution is 6.04. The van der Waals surface area contributed by atoms with Gasteiger partial charge >= 0.3 is 0 Å². The number of hydrogen-bond acceptors (Lipinski definition) is 1. The molecule has 1 aliphatic carbocycles. The fourth-order valence-electron chi connectivity index (χ4n) is 3.00. The van der Waals surface area contributed by atoms with Crippen LogP contribution >= 0.6 is 0 Å². The van der Waals surface area contributed by atoms with Crippen LogP contribution in [0.1, 0.15) is 34.0 Å². The first-order valence-electron chi connectivity index (χ1n) is 6.82. The number of benzene rings is 2. The second-order valence-corrected chi connectivity index (χ2v) is 5.55. The van der Waals surface area contributed by atoms with Crippen LogP contribution < -0.4 is 0 Å². The van der Waals surface area contributed by atoms with Crippen LogP contribution in [0.3, 0.4) is 0 Å². The molecule has 1 aliphatic rings. The van der Waals surface area contributed by atoms with E-state index in [0.29, 0.717) is 5.78 Å². The zero-order valence-corrected chi connectivity index (χ0v) is 11.7. The smallest absolute Gasteiger partial charge is 0.166 e. The molecule has 0 saturated heterocycles. The highest BCUT2D eigenvalue weighted by Crippen LogP contribution is 2.36. The van der Waals surface area contributed by atoms with E-state index in [0.717, 1.165) is 12.0 Å². The van der Waals surface area contributed by atoms with Gasteiger partial charge in [-0.05, 0) is 48.1 Å². The van der Waals surface area contributed by atoms with Gasteiger partial charge in [-0.2, -0.15) is 0 Å². The van der Waals surface area contributed by atoms with Gasteiger partial charge in [0, 0.05) is 11.5 Å². The van der Waals surface area contributed by atoms with E-state index in [1.54, 1.807) is 0 Å². The number of carbonyl (C=O) groups excluding carboxylic acids is 1. The van der Waals surface area contributed by atoms with Gasteiger partial charge in [-0.1, -0.05) is 43.3 Å². The lowest BCUT2D eigenvalue weighted by atomic mass is 9.92. The summed E-state index contributed by atoms with van der Waals surface area (Å²) in [6.07, 6.45) is 0.873. The number of rotatable bonds is 1. The normalized spacial score (nSPS) is 17.6. The van der Waals surface area contributed by atoms with Gasteiger partial charge in [-0.3, -0.25) is 4.79 Å². The standard InChI is InChI=1S/C18H18O/c1-11-6-4-7-14(13(11)3)15-8-5-9-16-17(15)10-12(2)18(16)19/h4-9,12H,10H2,1-3H3. The number of ketones is 1. The molecule has 0 bridgehead atoms. The van der Waals surface area contributed by atoms with Crippen molar-refractivity contribution in [2.75, 3.05) is 0 Å². The molecule has 0 amide bonds. The molecule has 2 aromatic rings. The van der Waals surface area contributed by atoms with Crippen molar-refractivity contribution in [3.05, 3.63) is 58.7 Å². The maximum absolute atomic E-state index is 12.1. The summed E-state index contributed by atoms with van der Waals surface area (Å²) in [6, 6.07) is 12.5. The SMILES string of the molecule is Cc1cccc(-c2cccc3c2CC(C)C3=O)c1C.